The fraction of sp³-hybridized carbons (Fsp3) is 0.238. The van der Waals surface area contributed by atoms with Gasteiger partial charge in [-0.05, 0) is 38.0 Å². The third-order valence-electron chi connectivity index (χ3n) is 4.24. The lowest BCUT2D eigenvalue weighted by Crippen LogP contribution is -2.08. The number of H-pyrrole nitrogens is 2. The lowest BCUT2D eigenvalue weighted by atomic mass is 10.1. The highest BCUT2D eigenvalue weighted by Crippen LogP contribution is 2.22. The van der Waals surface area contributed by atoms with Gasteiger partial charge in [0.2, 0.25) is 5.16 Å². The Morgan fingerprint density at radius 1 is 1.17 bits per heavy atom. The Morgan fingerprint density at radius 3 is 2.66 bits per heavy atom. The van der Waals surface area contributed by atoms with Crippen molar-refractivity contribution in [3.8, 4) is 0 Å². The first-order valence-electron chi connectivity index (χ1n) is 9.17. The summed E-state index contributed by atoms with van der Waals surface area (Å²) in [6, 6.07) is 9.87. The van der Waals surface area contributed by atoms with Gasteiger partial charge in [0.15, 0.2) is 5.78 Å². The molecule has 0 aliphatic rings. The molecule has 0 radical (unpaired) electrons. The zero-order chi connectivity index (χ0) is 20.8. The number of ether oxygens (including phenoxy) is 1. The average molecular weight is 410 g/mol. The van der Waals surface area contributed by atoms with Gasteiger partial charge in [-0.2, -0.15) is 0 Å². The molecule has 150 valence electrons. The highest BCUT2D eigenvalue weighted by Gasteiger charge is 2.23. The number of hydrogen-bond donors (Lipinski definition) is 2. The molecule has 0 saturated carbocycles. The zero-order valence-electron chi connectivity index (χ0n) is 16.5. The number of esters is 1. The van der Waals surface area contributed by atoms with Gasteiger partial charge >= 0.3 is 5.97 Å². The molecule has 0 aliphatic carbocycles. The number of nitrogens with one attached hydrogen (secondary N) is 2. The Bertz CT molecular complexity index is 1040. The van der Waals surface area contributed by atoms with Crippen LogP contribution >= 0.6 is 11.8 Å². The van der Waals surface area contributed by atoms with Crippen molar-refractivity contribution in [2.75, 3.05) is 12.4 Å². The number of hydrogen-bond acceptors (Lipinski definition) is 6. The molecule has 3 rings (SSSR count). The molecule has 2 aromatic heterocycles. The van der Waals surface area contributed by atoms with Gasteiger partial charge in [-0.15, -0.1) is 5.10 Å². The molecule has 0 spiro atoms. The number of nitrogens with zero attached hydrogens (tertiary/aromatic N) is 2. The minimum Gasteiger partial charge on any atom is -0.461 e. The number of ketones is 1. The van der Waals surface area contributed by atoms with E-state index >= 15 is 0 Å². The normalized spacial score (nSPS) is 11.1. The average Bonchev–Trinajstić information content (AvgIpc) is 3.29. The van der Waals surface area contributed by atoms with Crippen LogP contribution in [0, 0.1) is 13.8 Å². The number of aromatic nitrogens is 4. The van der Waals surface area contributed by atoms with Crippen molar-refractivity contribution in [1.29, 1.82) is 0 Å². The van der Waals surface area contributed by atoms with Crippen LogP contribution in [0.15, 0.2) is 35.5 Å². The summed E-state index contributed by atoms with van der Waals surface area (Å²) in [7, 11) is 0. The van der Waals surface area contributed by atoms with Crippen molar-refractivity contribution < 1.29 is 14.3 Å². The molecule has 0 saturated heterocycles. The molecule has 2 heterocycles. The first-order valence-corrected chi connectivity index (χ1v) is 10.2. The molecule has 8 heteroatoms. The van der Waals surface area contributed by atoms with Gasteiger partial charge in [-0.3, -0.25) is 9.89 Å². The van der Waals surface area contributed by atoms with E-state index in [1.165, 1.54) is 11.8 Å². The van der Waals surface area contributed by atoms with E-state index in [4.69, 9.17) is 4.74 Å². The van der Waals surface area contributed by atoms with Gasteiger partial charge in [0.05, 0.1) is 12.4 Å². The third kappa shape index (κ3) is 5.03. The van der Waals surface area contributed by atoms with Crippen LogP contribution in [-0.2, 0) is 4.74 Å². The van der Waals surface area contributed by atoms with Crippen LogP contribution in [0.25, 0.3) is 12.2 Å². The molecule has 7 nitrogen and oxygen atoms in total. The lowest BCUT2D eigenvalue weighted by molar-refractivity contribution is 0.0519. The van der Waals surface area contributed by atoms with E-state index in [1.807, 2.05) is 42.5 Å². The fourth-order valence-corrected chi connectivity index (χ4v) is 3.59. The summed E-state index contributed by atoms with van der Waals surface area (Å²) in [4.78, 5) is 32.0. The minimum absolute atomic E-state index is 0.0945. The third-order valence-corrected chi connectivity index (χ3v) is 5.09. The molecule has 3 aromatic rings. The molecule has 0 bridgehead atoms. The largest absolute Gasteiger partial charge is 0.461 e. The van der Waals surface area contributed by atoms with Crippen molar-refractivity contribution >= 4 is 35.7 Å². The van der Waals surface area contributed by atoms with Crippen molar-refractivity contribution in [3.63, 3.8) is 0 Å². The van der Waals surface area contributed by atoms with Gasteiger partial charge in [-0.1, -0.05) is 48.2 Å². The van der Waals surface area contributed by atoms with E-state index < -0.39 is 5.97 Å². The van der Waals surface area contributed by atoms with Gasteiger partial charge in [0, 0.05) is 11.3 Å². The number of thioether (sulfide) groups is 1. The van der Waals surface area contributed by atoms with Crippen molar-refractivity contribution in [1.82, 2.24) is 20.2 Å². The second-order valence-corrected chi connectivity index (χ2v) is 7.25. The van der Waals surface area contributed by atoms with E-state index in [2.05, 4.69) is 20.2 Å². The summed E-state index contributed by atoms with van der Waals surface area (Å²) in [6.07, 6.45) is 3.77. The second kappa shape index (κ2) is 9.38. The van der Waals surface area contributed by atoms with Gasteiger partial charge in [-0.25, -0.2) is 9.78 Å². The maximum absolute atomic E-state index is 12.7. The van der Waals surface area contributed by atoms with Crippen LogP contribution in [0.5, 0.6) is 0 Å². The number of Topliss-reactive ketones (excluding diaryl/α,β-unsaturated/α-hetero) is 1. The summed E-state index contributed by atoms with van der Waals surface area (Å²) >= 11 is 1.24. The van der Waals surface area contributed by atoms with Crippen LogP contribution in [0.4, 0.5) is 0 Å². The smallest absolute Gasteiger partial charge is 0.355 e. The quantitative estimate of drug-likeness (QED) is 0.330. The molecule has 0 aliphatic heterocycles. The maximum atomic E-state index is 12.7. The predicted octanol–water partition coefficient (Wildman–Crippen LogP) is 4.07. The van der Waals surface area contributed by atoms with E-state index in [0.29, 0.717) is 33.5 Å². The predicted molar refractivity (Wildman–Crippen MR) is 113 cm³/mol. The van der Waals surface area contributed by atoms with E-state index in [0.717, 1.165) is 5.56 Å². The van der Waals surface area contributed by atoms with E-state index in [-0.39, 0.29) is 18.1 Å². The molecule has 1 aromatic carbocycles. The summed E-state index contributed by atoms with van der Waals surface area (Å²) in [5.74, 6) is 0.232. The van der Waals surface area contributed by atoms with E-state index in [1.54, 1.807) is 20.8 Å². The van der Waals surface area contributed by atoms with Gasteiger partial charge in [0.1, 0.15) is 11.5 Å². The van der Waals surface area contributed by atoms with E-state index in [9.17, 15) is 9.59 Å². The Kier molecular flexibility index (Phi) is 6.66. The second-order valence-electron chi connectivity index (χ2n) is 6.30. The summed E-state index contributed by atoms with van der Waals surface area (Å²) in [5, 5.41) is 7.47. The number of aromatic amines is 2. The molecular formula is C21H22N4O3S. The van der Waals surface area contributed by atoms with Crippen LogP contribution in [0.1, 0.15) is 50.4 Å². The molecule has 0 unspecified atom stereocenters. The molecular weight excluding hydrogens is 388 g/mol. The van der Waals surface area contributed by atoms with Crippen LogP contribution in [0.3, 0.4) is 0 Å². The number of aryl methyl sites for hydroxylation is 1. The highest BCUT2D eigenvalue weighted by molar-refractivity contribution is 7.99. The molecule has 29 heavy (non-hydrogen) atoms. The minimum atomic E-state index is -0.455. The number of carbonyl (C=O) groups excluding carboxylic acids is 2. The standard InChI is InChI=1S/C21H22N4O3S/c1-4-28-20(27)19-13(2)18(14(3)22-19)16(26)12-29-21-23-17(24-25-21)11-10-15-8-6-5-7-9-15/h5-11,22H,4,12H2,1-3H3,(H,23,24,25)/b11-10+. The monoisotopic (exact) mass is 410 g/mol. The highest BCUT2D eigenvalue weighted by atomic mass is 32.2. The molecule has 0 amide bonds. The number of carbonyl (C=O) groups is 2. The van der Waals surface area contributed by atoms with Crippen molar-refractivity contribution in [2.24, 2.45) is 0 Å². The maximum Gasteiger partial charge on any atom is 0.355 e. The Morgan fingerprint density at radius 2 is 1.93 bits per heavy atom. The van der Waals surface area contributed by atoms with Crippen molar-refractivity contribution in [3.05, 3.63) is 64.2 Å². The molecule has 0 atom stereocenters. The van der Waals surface area contributed by atoms with Crippen LogP contribution in [-0.4, -0.2) is 44.3 Å². The van der Waals surface area contributed by atoms with Crippen molar-refractivity contribution in [2.45, 2.75) is 25.9 Å². The molecule has 2 N–H and O–H groups in total. The Balaban J connectivity index is 1.64. The fourth-order valence-electron chi connectivity index (χ4n) is 2.91. The first-order chi connectivity index (χ1) is 14.0. The van der Waals surface area contributed by atoms with Crippen LogP contribution < -0.4 is 0 Å². The number of rotatable bonds is 8. The topological polar surface area (TPSA) is 101 Å². The van der Waals surface area contributed by atoms with Gasteiger partial charge in [0.25, 0.3) is 0 Å². The van der Waals surface area contributed by atoms with Gasteiger partial charge < -0.3 is 9.72 Å². The zero-order valence-corrected chi connectivity index (χ0v) is 17.3. The summed E-state index contributed by atoms with van der Waals surface area (Å²) in [5.41, 5.74) is 3.15. The summed E-state index contributed by atoms with van der Waals surface area (Å²) < 4.78 is 5.03. The van der Waals surface area contributed by atoms with Crippen LogP contribution in [0.2, 0.25) is 0 Å². The SMILES string of the molecule is CCOC(=O)c1[nH]c(C)c(C(=O)CSc2n[nH]c(/C=C/c3ccccc3)n2)c1C. The molecule has 0 fully saturated rings. The Labute approximate surface area is 173 Å². The first kappa shape index (κ1) is 20.6. The number of benzene rings is 1. The lowest BCUT2D eigenvalue weighted by Gasteiger charge is -2.02. The summed E-state index contributed by atoms with van der Waals surface area (Å²) in [6.45, 7) is 5.53. The Hall–Kier alpha value is -3.13.